The molecule has 0 atom stereocenters. The van der Waals surface area contributed by atoms with Gasteiger partial charge in [0.15, 0.2) is 5.96 Å². The van der Waals surface area contributed by atoms with Crippen molar-refractivity contribution in [2.24, 2.45) is 4.99 Å². The lowest BCUT2D eigenvalue weighted by atomic mass is 10.3. The molecule has 1 heterocycles. The van der Waals surface area contributed by atoms with E-state index in [-0.39, 0.29) is 29.8 Å². The van der Waals surface area contributed by atoms with Crippen LogP contribution in [0.3, 0.4) is 0 Å². The molecule has 0 aliphatic heterocycles. The number of aliphatic imine (C=N–C) groups is 1. The Hall–Kier alpha value is -1.42. The molecule has 0 bridgehead atoms. The fraction of sp³-hybridized carbons (Fsp3) is 0.412. The van der Waals surface area contributed by atoms with Crippen LogP contribution in [0, 0.1) is 19.7 Å². The van der Waals surface area contributed by atoms with E-state index in [4.69, 9.17) is 4.74 Å². The van der Waals surface area contributed by atoms with Gasteiger partial charge in [0.05, 0.1) is 23.9 Å². The Morgan fingerprint density at radius 1 is 1.24 bits per heavy atom. The van der Waals surface area contributed by atoms with Crippen LogP contribution in [0.5, 0.6) is 5.75 Å². The lowest BCUT2D eigenvalue weighted by Gasteiger charge is -2.12. The average Bonchev–Trinajstić information content (AvgIpc) is 2.89. The van der Waals surface area contributed by atoms with Gasteiger partial charge in [-0.1, -0.05) is 0 Å². The lowest BCUT2D eigenvalue weighted by molar-refractivity contribution is 0.310. The molecule has 2 aromatic rings. The predicted octanol–water partition coefficient (Wildman–Crippen LogP) is 3.65. The maximum atomic E-state index is 12.8. The summed E-state index contributed by atoms with van der Waals surface area (Å²) in [6.07, 6.45) is 0.816. The molecule has 0 aliphatic carbocycles. The van der Waals surface area contributed by atoms with Crippen LogP contribution in [0.1, 0.15) is 22.0 Å². The minimum absolute atomic E-state index is 0. The molecule has 0 amide bonds. The van der Waals surface area contributed by atoms with Crippen molar-refractivity contribution < 1.29 is 9.13 Å². The minimum atomic E-state index is -0.259. The number of nitrogens with zero attached hydrogens (tertiary/aromatic N) is 2. The molecule has 1 aromatic heterocycles. The van der Waals surface area contributed by atoms with Crippen molar-refractivity contribution in [1.29, 1.82) is 0 Å². The van der Waals surface area contributed by atoms with Crippen LogP contribution >= 0.6 is 35.3 Å². The highest BCUT2D eigenvalue weighted by Gasteiger charge is 2.05. The fourth-order valence-corrected chi connectivity index (χ4v) is 3.00. The summed E-state index contributed by atoms with van der Waals surface area (Å²) in [4.78, 5) is 9.83. The van der Waals surface area contributed by atoms with Crippen LogP contribution in [0.4, 0.5) is 4.39 Å². The van der Waals surface area contributed by atoms with E-state index in [1.165, 1.54) is 17.0 Å². The van der Waals surface area contributed by atoms with E-state index in [9.17, 15) is 4.39 Å². The van der Waals surface area contributed by atoms with Crippen molar-refractivity contribution in [2.45, 2.75) is 26.8 Å². The van der Waals surface area contributed by atoms with Gasteiger partial charge in [-0.2, -0.15) is 0 Å². The van der Waals surface area contributed by atoms with Crippen LogP contribution < -0.4 is 15.4 Å². The van der Waals surface area contributed by atoms with Gasteiger partial charge in [-0.15, -0.1) is 35.3 Å². The Balaban J connectivity index is 0.00000312. The van der Waals surface area contributed by atoms with Crippen molar-refractivity contribution in [2.75, 3.05) is 20.2 Å². The smallest absolute Gasteiger partial charge is 0.191 e. The summed E-state index contributed by atoms with van der Waals surface area (Å²) in [6, 6.07) is 6.04. The maximum absolute atomic E-state index is 12.8. The maximum Gasteiger partial charge on any atom is 0.191 e. The summed E-state index contributed by atoms with van der Waals surface area (Å²) >= 11 is 1.69. The van der Waals surface area contributed by atoms with Gasteiger partial charge in [-0.05, 0) is 44.5 Å². The number of hydrogen-bond donors (Lipinski definition) is 2. The van der Waals surface area contributed by atoms with Crippen molar-refractivity contribution in [3.05, 3.63) is 45.7 Å². The summed E-state index contributed by atoms with van der Waals surface area (Å²) in [6.45, 7) is 6.03. The molecule has 0 fully saturated rings. The molecule has 0 saturated heterocycles. The van der Waals surface area contributed by atoms with Crippen molar-refractivity contribution in [3.63, 3.8) is 0 Å². The standard InChI is InChI=1S/C17H23FN4OS.HI/c1-12-16(24-13(2)22-12)11-21-17(19-3)20-9-4-10-23-15-7-5-14(18)6-8-15;/h5-8H,4,9-11H2,1-3H3,(H2,19,20,21);1H. The molecule has 0 saturated carbocycles. The van der Waals surface area contributed by atoms with Crippen molar-refractivity contribution >= 4 is 41.3 Å². The Morgan fingerprint density at radius 3 is 2.56 bits per heavy atom. The van der Waals surface area contributed by atoms with Crippen LogP contribution in [-0.4, -0.2) is 31.1 Å². The van der Waals surface area contributed by atoms with Gasteiger partial charge in [0.25, 0.3) is 0 Å². The first-order valence-corrected chi connectivity index (χ1v) is 8.66. The summed E-state index contributed by atoms with van der Waals surface area (Å²) in [5.74, 6) is 1.17. The van der Waals surface area contributed by atoms with Gasteiger partial charge >= 0.3 is 0 Å². The summed E-state index contributed by atoms with van der Waals surface area (Å²) in [7, 11) is 1.75. The first-order valence-electron chi connectivity index (χ1n) is 7.84. The van der Waals surface area contributed by atoms with Crippen molar-refractivity contribution in [3.8, 4) is 5.75 Å². The van der Waals surface area contributed by atoms with Crippen LogP contribution in [-0.2, 0) is 6.54 Å². The van der Waals surface area contributed by atoms with Gasteiger partial charge in [-0.3, -0.25) is 4.99 Å². The topological polar surface area (TPSA) is 58.5 Å². The number of rotatable bonds is 7. The third kappa shape index (κ3) is 7.55. The van der Waals surface area contributed by atoms with Gasteiger partial charge in [0.1, 0.15) is 11.6 Å². The third-order valence-electron chi connectivity index (χ3n) is 3.34. The normalized spacial score (nSPS) is 11.0. The molecule has 0 radical (unpaired) electrons. The SMILES string of the molecule is CN=C(NCCCOc1ccc(F)cc1)NCc1sc(C)nc1C.I. The Bertz CT molecular complexity index is 676. The average molecular weight is 478 g/mol. The highest BCUT2D eigenvalue weighted by molar-refractivity contribution is 14.0. The number of benzene rings is 1. The number of ether oxygens (including phenoxy) is 1. The van der Waals surface area contributed by atoms with E-state index in [1.807, 2.05) is 13.8 Å². The predicted molar refractivity (Wildman–Crippen MR) is 112 cm³/mol. The molecule has 0 unspecified atom stereocenters. The molecular weight excluding hydrogens is 454 g/mol. The number of aromatic nitrogens is 1. The molecule has 0 aliphatic rings. The Morgan fingerprint density at radius 2 is 1.96 bits per heavy atom. The monoisotopic (exact) mass is 478 g/mol. The Labute approximate surface area is 169 Å². The van der Waals surface area contributed by atoms with E-state index >= 15 is 0 Å². The molecule has 25 heavy (non-hydrogen) atoms. The highest BCUT2D eigenvalue weighted by atomic mass is 127. The fourth-order valence-electron chi connectivity index (χ4n) is 2.12. The highest BCUT2D eigenvalue weighted by Crippen LogP contribution is 2.16. The van der Waals surface area contributed by atoms with E-state index in [0.717, 1.165) is 29.6 Å². The van der Waals surface area contributed by atoms with Gasteiger partial charge < -0.3 is 15.4 Å². The second-order valence-corrected chi connectivity index (χ2v) is 6.54. The molecule has 5 nitrogen and oxygen atoms in total. The summed E-state index contributed by atoms with van der Waals surface area (Å²) in [5, 5.41) is 7.60. The first kappa shape index (κ1) is 21.6. The third-order valence-corrected chi connectivity index (χ3v) is 4.41. The number of nitrogens with one attached hydrogen (secondary N) is 2. The zero-order valence-corrected chi connectivity index (χ0v) is 17.8. The van der Waals surface area contributed by atoms with E-state index in [2.05, 4.69) is 20.6 Å². The van der Waals surface area contributed by atoms with Gasteiger partial charge in [0.2, 0.25) is 0 Å². The van der Waals surface area contributed by atoms with E-state index < -0.39 is 0 Å². The molecule has 8 heteroatoms. The second-order valence-electron chi connectivity index (χ2n) is 5.25. The van der Waals surface area contributed by atoms with Gasteiger partial charge in [0, 0.05) is 18.5 Å². The molecule has 138 valence electrons. The molecule has 0 spiro atoms. The minimum Gasteiger partial charge on any atom is -0.494 e. The molecule has 2 rings (SSSR count). The molecule has 1 aromatic carbocycles. The molecular formula is C17H24FIN4OS. The van der Waals surface area contributed by atoms with Crippen LogP contribution in [0.25, 0.3) is 0 Å². The number of halogens is 2. The zero-order chi connectivity index (χ0) is 17.4. The quantitative estimate of drug-likeness (QED) is 0.276. The van der Waals surface area contributed by atoms with Gasteiger partial charge in [-0.25, -0.2) is 9.37 Å². The molecule has 2 N–H and O–H groups in total. The van der Waals surface area contributed by atoms with Crippen LogP contribution in [0.15, 0.2) is 29.3 Å². The van der Waals surface area contributed by atoms with E-state index in [1.54, 1.807) is 30.5 Å². The summed E-state index contributed by atoms with van der Waals surface area (Å²) in [5.41, 5.74) is 1.06. The lowest BCUT2D eigenvalue weighted by Crippen LogP contribution is -2.37. The van der Waals surface area contributed by atoms with E-state index in [0.29, 0.717) is 18.9 Å². The van der Waals surface area contributed by atoms with Crippen molar-refractivity contribution in [1.82, 2.24) is 15.6 Å². The zero-order valence-electron chi connectivity index (χ0n) is 14.6. The Kier molecular flexibility index (Phi) is 9.73. The number of hydrogen-bond acceptors (Lipinski definition) is 4. The largest absolute Gasteiger partial charge is 0.494 e. The van der Waals surface area contributed by atoms with Crippen LogP contribution in [0.2, 0.25) is 0 Å². The first-order chi connectivity index (χ1) is 11.6. The number of thiazole rings is 1. The second kappa shape index (κ2) is 11.2. The summed E-state index contributed by atoms with van der Waals surface area (Å²) < 4.78 is 18.3. The number of aryl methyl sites for hydroxylation is 2. The number of guanidine groups is 1.